The van der Waals surface area contributed by atoms with Gasteiger partial charge in [0.2, 0.25) is 15.9 Å². The summed E-state index contributed by atoms with van der Waals surface area (Å²) in [7, 11) is -3.54. The standard InChI is InChI=1S/C23H34N4O3S/c1-5-14-27-21-9-8-19(31(29,30)26(6-2)7-3)17-20(21)24-22(27)10-11-23(28)25-15-12-18(4)13-16-25/h8-9,17H,4-7,10-16H2,1-3H3. The number of benzene rings is 1. The lowest BCUT2D eigenvalue weighted by atomic mass is 10.1. The summed E-state index contributed by atoms with van der Waals surface area (Å²) in [4.78, 5) is 19.6. The maximum absolute atomic E-state index is 12.9. The van der Waals surface area contributed by atoms with Gasteiger partial charge in [-0.15, -0.1) is 0 Å². The summed E-state index contributed by atoms with van der Waals surface area (Å²) >= 11 is 0. The first-order valence-corrected chi connectivity index (χ1v) is 12.7. The van der Waals surface area contributed by atoms with Gasteiger partial charge in [-0.3, -0.25) is 4.79 Å². The van der Waals surface area contributed by atoms with Crippen LogP contribution in [0.5, 0.6) is 0 Å². The summed E-state index contributed by atoms with van der Waals surface area (Å²) in [6, 6.07) is 5.17. The lowest BCUT2D eigenvalue weighted by molar-refractivity contribution is -0.131. The molecule has 0 spiro atoms. The Labute approximate surface area is 185 Å². The number of rotatable bonds is 9. The Hall–Kier alpha value is -2.19. The molecule has 2 heterocycles. The van der Waals surface area contributed by atoms with E-state index >= 15 is 0 Å². The van der Waals surface area contributed by atoms with E-state index in [4.69, 9.17) is 4.98 Å². The maximum Gasteiger partial charge on any atom is 0.243 e. The first-order chi connectivity index (χ1) is 14.8. The summed E-state index contributed by atoms with van der Waals surface area (Å²) in [6.07, 6.45) is 3.64. The third-order valence-corrected chi connectivity index (χ3v) is 8.02. The molecule has 0 unspecified atom stereocenters. The molecule has 170 valence electrons. The van der Waals surface area contributed by atoms with Crippen LogP contribution in [0.1, 0.15) is 52.3 Å². The van der Waals surface area contributed by atoms with Gasteiger partial charge >= 0.3 is 0 Å². The van der Waals surface area contributed by atoms with E-state index in [2.05, 4.69) is 18.1 Å². The molecule has 7 nitrogen and oxygen atoms in total. The molecule has 1 fully saturated rings. The van der Waals surface area contributed by atoms with Gasteiger partial charge in [0.15, 0.2) is 0 Å². The highest BCUT2D eigenvalue weighted by Gasteiger charge is 2.24. The Bertz CT molecular complexity index is 1040. The van der Waals surface area contributed by atoms with Crippen LogP contribution in [0.15, 0.2) is 35.2 Å². The summed E-state index contributed by atoms with van der Waals surface area (Å²) < 4.78 is 29.4. The molecule has 1 aliphatic rings. The monoisotopic (exact) mass is 446 g/mol. The van der Waals surface area contributed by atoms with Crippen LogP contribution in [-0.2, 0) is 27.8 Å². The number of carbonyl (C=O) groups excluding carboxylic acids is 1. The molecule has 0 radical (unpaired) electrons. The number of hydrogen-bond acceptors (Lipinski definition) is 4. The van der Waals surface area contributed by atoms with Gasteiger partial charge in [0.25, 0.3) is 0 Å². The molecule has 1 aromatic heterocycles. The molecule has 1 aliphatic heterocycles. The van der Waals surface area contributed by atoms with Crippen LogP contribution < -0.4 is 0 Å². The topological polar surface area (TPSA) is 75.5 Å². The highest BCUT2D eigenvalue weighted by atomic mass is 32.2. The largest absolute Gasteiger partial charge is 0.342 e. The van der Waals surface area contributed by atoms with Gasteiger partial charge in [-0.1, -0.05) is 32.9 Å². The summed E-state index contributed by atoms with van der Waals surface area (Å²) in [5, 5.41) is 0. The summed E-state index contributed by atoms with van der Waals surface area (Å²) in [5.41, 5.74) is 2.79. The maximum atomic E-state index is 12.9. The minimum absolute atomic E-state index is 0.146. The zero-order chi connectivity index (χ0) is 22.6. The summed E-state index contributed by atoms with van der Waals surface area (Å²) in [6.45, 7) is 12.9. The van der Waals surface area contributed by atoms with Crippen LogP contribution in [0.3, 0.4) is 0 Å². The number of piperidine rings is 1. The van der Waals surface area contributed by atoms with Crippen LogP contribution in [0.25, 0.3) is 11.0 Å². The molecule has 1 aromatic carbocycles. The molecule has 0 aliphatic carbocycles. The van der Waals surface area contributed by atoms with Crippen molar-refractivity contribution in [3.8, 4) is 0 Å². The SMILES string of the molecule is C=C1CCN(C(=O)CCc2nc3cc(S(=O)(=O)N(CC)CC)ccc3n2CCC)CC1. The van der Waals surface area contributed by atoms with Gasteiger partial charge in [0, 0.05) is 45.6 Å². The summed E-state index contributed by atoms with van der Waals surface area (Å²) in [5.74, 6) is 0.983. The second-order valence-corrected chi connectivity index (χ2v) is 9.99. The minimum atomic E-state index is -3.54. The predicted molar refractivity (Wildman–Crippen MR) is 123 cm³/mol. The number of aryl methyl sites for hydroxylation is 2. The van der Waals surface area contributed by atoms with Crippen molar-refractivity contribution in [3.63, 3.8) is 0 Å². The number of nitrogens with zero attached hydrogens (tertiary/aromatic N) is 4. The Morgan fingerprint density at radius 3 is 2.45 bits per heavy atom. The number of aromatic nitrogens is 2. The van der Waals surface area contributed by atoms with Crippen molar-refractivity contribution < 1.29 is 13.2 Å². The molecular formula is C23H34N4O3S. The van der Waals surface area contributed by atoms with Gasteiger partial charge in [-0.2, -0.15) is 4.31 Å². The van der Waals surface area contributed by atoms with Crippen LogP contribution in [0.2, 0.25) is 0 Å². The van der Waals surface area contributed by atoms with Crippen molar-refractivity contribution in [2.45, 2.75) is 64.3 Å². The van der Waals surface area contributed by atoms with Crippen molar-refractivity contribution in [2.75, 3.05) is 26.2 Å². The number of amides is 1. The predicted octanol–water partition coefficient (Wildman–Crippen LogP) is 3.59. The molecule has 8 heteroatoms. The first-order valence-electron chi connectivity index (χ1n) is 11.3. The third-order valence-electron chi connectivity index (χ3n) is 5.97. The lowest BCUT2D eigenvalue weighted by Gasteiger charge is -2.28. The second kappa shape index (κ2) is 9.96. The first kappa shape index (κ1) is 23.5. The number of likely N-dealkylation sites (tertiary alicyclic amines) is 1. The molecule has 1 saturated heterocycles. The van der Waals surface area contributed by atoms with E-state index < -0.39 is 10.0 Å². The number of carbonyl (C=O) groups is 1. The van der Waals surface area contributed by atoms with Gasteiger partial charge < -0.3 is 9.47 Å². The number of imidazole rings is 1. The Morgan fingerprint density at radius 1 is 1.16 bits per heavy atom. The van der Waals surface area contributed by atoms with Crippen LogP contribution >= 0.6 is 0 Å². The van der Waals surface area contributed by atoms with Crippen LogP contribution in [0.4, 0.5) is 0 Å². The van der Waals surface area contributed by atoms with E-state index in [0.717, 1.165) is 50.2 Å². The quantitative estimate of drug-likeness (QED) is 0.552. The number of sulfonamides is 1. The third kappa shape index (κ3) is 5.01. The highest BCUT2D eigenvalue weighted by molar-refractivity contribution is 7.89. The second-order valence-electron chi connectivity index (χ2n) is 8.05. The van der Waals surface area contributed by atoms with Crippen molar-refractivity contribution >= 4 is 27.0 Å². The van der Waals surface area contributed by atoms with Crippen molar-refractivity contribution in [1.82, 2.24) is 18.8 Å². The molecular weight excluding hydrogens is 412 g/mol. The minimum Gasteiger partial charge on any atom is -0.342 e. The van der Waals surface area contributed by atoms with E-state index in [1.54, 1.807) is 12.1 Å². The molecule has 0 bridgehead atoms. The fourth-order valence-corrected chi connectivity index (χ4v) is 5.62. The highest BCUT2D eigenvalue weighted by Crippen LogP contribution is 2.24. The van der Waals surface area contributed by atoms with Gasteiger partial charge in [0.05, 0.1) is 15.9 Å². The molecule has 3 rings (SSSR count). The molecule has 1 amide bonds. The van der Waals surface area contributed by atoms with Crippen LogP contribution in [-0.4, -0.2) is 59.3 Å². The zero-order valence-corrected chi connectivity index (χ0v) is 19.7. The van der Waals surface area contributed by atoms with E-state index in [9.17, 15) is 13.2 Å². The van der Waals surface area contributed by atoms with Crippen molar-refractivity contribution in [1.29, 1.82) is 0 Å². The zero-order valence-electron chi connectivity index (χ0n) is 18.9. The Morgan fingerprint density at radius 2 is 1.84 bits per heavy atom. The average molecular weight is 447 g/mol. The normalized spacial score (nSPS) is 15.2. The van der Waals surface area contributed by atoms with Crippen molar-refractivity contribution in [2.24, 2.45) is 0 Å². The average Bonchev–Trinajstić information content (AvgIpc) is 3.10. The fraction of sp³-hybridized carbons (Fsp3) is 0.565. The number of hydrogen-bond donors (Lipinski definition) is 0. The van der Waals surface area contributed by atoms with Gasteiger partial charge in [-0.05, 0) is 37.5 Å². The van der Waals surface area contributed by atoms with E-state index in [1.165, 1.54) is 9.88 Å². The van der Waals surface area contributed by atoms with Gasteiger partial charge in [0.1, 0.15) is 5.82 Å². The fourth-order valence-electron chi connectivity index (χ4n) is 4.15. The van der Waals surface area contributed by atoms with E-state index in [-0.39, 0.29) is 10.8 Å². The van der Waals surface area contributed by atoms with E-state index in [1.807, 2.05) is 24.8 Å². The van der Waals surface area contributed by atoms with Crippen molar-refractivity contribution in [3.05, 3.63) is 36.2 Å². The molecule has 0 atom stereocenters. The van der Waals surface area contributed by atoms with E-state index in [0.29, 0.717) is 31.4 Å². The number of fused-ring (bicyclic) bond motifs is 1. The Kier molecular flexibility index (Phi) is 7.54. The Balaban J connectivity index is 1.85. The van der Waals surface area contributed by atoms with Crippen LogP contribution in [0, 0.1) is 0 Å². The molecule has 31 heavy (non-hydrogen) atoms. The molecule has 0 saturated carbocycles. The molecule has 2 aromatic rings. The smallest absolute Gasteiger partial charge is 0.243 e. The molecule has 0 N–H and O–H groups in total. The van der Waals surface area contributed by atoms with Gasteiger partial charge in [-0.25, -0.2) is 13.4 Å². The lowest BCUT2D eigenvalue weighted by Crippen LogP contribution is -2.36.